The molecule has 0 spiro atoms. The fraction of sp³-hybridized carbons (Fsp3) is 0.292. The number of fused-ring (bicyclic) bond motifs is 3. The molecule has 0 saturated heterocycles. The fourth-order valence-electron chi connectivity index (χ4n) is 4.01. The molecule has 166 valence electrons. The van der Waals surface area contributed by atoms with Crippen molar-refractivity contribution in [3.63, 3.8) is 0 Å². The van der Waals surface area contributed by atoms with Crippen LogP contribution < -0.4 is 9.14 Å². The molecule has 2 heterocycles. The number of ketones is 1. The minimum atomic E-state index is -2.39. The van der Waals surface area contributed by atoms with E-state index >= 15 is 0 Å². The number of aryl methyl sites for hydroxylation is 2. The number of carbonyl (C=O) groups is 1. The second-order valence-electron chi connectivity index (χ2n) is 9.17. The number of pyridine rings is 1. The Morgan fingerprint density at radius 2 is 1.81 bits per heavy atom. The van der Waals surface area contributed by atoms with Crippen molar-refractivity contribution >= 4 is 49.5 Å². The first-order valence-electron chi connectivity index (χ1n) is 10.5. The third-order valence-corrected chi connectivity index (χ3v) is 11.7. The Balaban J connectivity index is 1.62. The van der Waals surface area contributed by atoms with Gasteiger partial charge in [-0.1, -0.05) is 0 Å². The summed E-state index contributed by atoms with van der Waals surface area (Å²) in [4.78, 5) is 32.3. The van der Waals surface area contributed by atoms with E-state index in [-0.39, 0.29) is 36.5 Å². The molecule has 0 amide bonds. The zero-order valence-electron chi connectivity index (χ0n) is 18.6. The van der Waals surface area contributed by atoms with Crippen molar-refractivity contribution in [3.8, 4) is 0 Å². The second-order valence-corrected chi connectivity index (χ2v) is 23.7. The maximum absolute atomic E-state index is 14.6. The Bertz CT molecular complexity index is 1420. The molecular weight excluding hydrogens is 519 g/mol. The van der Waals surface area contributed by atoms with Crippen LogP contribution in [0.2, 0.25) is 14.8 Å². The van der Waals surface area contributed by atoms with Gasteiger partial charge in [0.1, 0.15) is 0 Å². The van der Waals surface area contributed by atoms with E-state index in [2.05, 4.69) is 19.9 Å². The number of halogens is 2. The van der Waals surface area contributed by atoms with Crippen molar-refractivity contribution < 1.29 is 13.6 Å². The van der Waals surface area contributed by atoms with Gasteiger partial charge in [-0.05, 0) is 6.07 Å². The molecule has 32 heavy (non-hydrogen) atoms. The van der Waals surface area contributed by atoms with Gasteiger partial charge in [0.15, 0.2) is 0 Å². The second kappa shape index (κ2) is 8.42. The van der Waals surface area contributed by atoms with Gasteiger partial charge in [0.25, 0.3) is 0 Å². The summed E-state index contributed by atoms with van der Waals surface area (Å²) in [7, 11) is 1.72. The zero-order chi connectivity index (χ0) is 23.2. The summed E-state index contributed by atoms with van der Waals surface area (Å²) in [5.41, 5.74) is 1.07. The normalized spacial score (nSPS) is 12.1. The van der Waals surface area contributed by atoms with Crippen LogP contribution in [0.15, 0.2) is 47.4 Å². The SMILES string of the molecule is Cn1ncc2c(=O)n(CCC(=O)Cc3cc[c]([Sn]([CH3])([CH3])[CH3])cc3F)c3cc(F)ccc3c21. The molecule has 0 radical (unpaired) electrons. The summed E-state index contributed by atoms with van der Waals surface area (Å²) in [6.07, 6.45) is 1.48. The van der Waals surface area contributed by atoms with E-state index < -0.39 is 24.2 Å². The summed E-state index contributed by atoms with van der Waals surface area (Å²) in [5.74, 6) is -1.01. The molecule has 0 N–H and O–H groups in total. The summed E-state index contributed by atoms with van der Waals surface area (Å²) in [6, 6.07) is 9.44. The van der Waals surface area contributed by atoms with Crippen LogP contribution in [-0.4, -0.2) is 38.5 Å². The zero-order valence-corrected chi connectivity index (χ0v) is 21.4. The molecule has 5 nitrogen and oxygen atoms in total. The molecule has 0 fully saturated rings. The topological polar surface area (TPSA) is 56.9 Å². The van der Waals surface area contributed by atoms with Crippen LogP contribution in [0.3, 0.4) is 0 Å². The summed E-state index contributed by atoms with van der Waals surface area (Å²) < 4.78 is 32.6. The van der Waals surface area contributed by atoms with E-state index in [0.717, 1.165) is 3.58 Å². The molecule has 0 atom stereocenters. The van der Waals surface area contributed by atoms with Crippen LogP contribution in [0.25, 0.3) is 21.8 Å². The Morgan fingerprint density at radius 1 is 1.06 bits per heavy atom. The Morgan fingerprint density at radius 3 is 2.50 bits per heavy atom. The Hall–Kier alpha value is -2.55. The first-order chi connectivity index (χ1) is 15.1. The molecule has 8 heteroatoms. The molecule has 4 aromatic rings. The third-order valence-electron chi connectivity index (χ3n) is 5.84. The molecule has 0 saturated carbocycles. The van der Waals surface area contributed by atoms with Crippen molar-refractivity contribution in [1.29, 1.82) is 0 Å². The van der Waals surface area contributed by atoms with E-state index in [0.29, 0.717) is 27.4 Å². The molecule has 2 aromatic heterocycles. The van der Waals surface area contributed by atoms with Crippen molar-refractivity contribution in [1.82, 2.24) is 14.3 Å². The molecular formula is C24H25F2N3O2Sn. The third kappa shape index (κ3) is 4.22. The number of aromatic nitrogens is 3. The van der Waals surface area contributed by atoms with Crippen molar-refractivity contribution in [2.45, 2.75) is 34.2 Å². The van der Waals surface area contributed by atoms with Crippen molar-refractivity contribution in [2.75, 3.05) is 0 Å². The van der Waals surface area contributed by atoms with Gasteiger partial charge in [0, 0.05) is 7.05 Å². The molecule has 0 bridgehead atoms. The first kappa shape index (κ1) is 22.6. The average molecular weight is 544 g/mol. The first-order valence-corrected chi connectivity index (χ1v) is 20.5. The summed E-state index contributed by atoms with van der Waals surface area (Å²) >= 11 is -2.39. The number of benzene rings is 2. The number of rotatable bonds is 6. The van der Waals surface area contributed by atoms with Gasteiger partial charge in [-0.2, -0.15) is 5.10 Å². The summed E-state index contributed by atoms with van der Waals surface area (Å²) in [6.45, 7) is 0.0839. The average Bonchev–Trinajstić information content (AvgIpc) is 3.10. The van der Waals surface area contributed by atoms with E-state index in [4.69, 9.17) is 0 Å². The predicted octanol–water partition coefficient (Wildman–Crippen LogP) is 3.91. The Labute approximate surface area is 188 Å². The molecule has 0 aliphatic carbocycles. The standard InChI is InChI=1S/C21H16F2N3O2.3CH3.Sn/c1-25-20-16-7-6-14(22)11-19(16)26(21(28)17(20)12-24-25)9-8-15(27)10-13-4-2-3-5-18(13)23;;;;/h2,4-7,11-12H,8-10H2,1H3;3*1H3;. The maximum atomic E-state index is 14.6. The monoisotopic (exact) mass is 545 g/mol. The van der Waals surface area contributed by atoms with Gasteiger partial charge in [0.2, 0.25) is 0 Å². The van der Waals surface area contributed by atoms with Crippen molar-refractivity contribution in [3.05, 3.63) is 70.1 Å². The van der Waals surface area contributed by atoms with E-state index in [9.17, 15) is 18.4 Å². The number of hydrogen-bond donors (Lipinski definition) is 0. The van der Waals surface area contributed by atoms with Gasteiger partial charge in [-0.15, -0.1) is 0 Å². The van der Waals surface area contributed by atoms with Crippen LogP contribution >= 0.6 is 0 Å². The van der Waals surface area contributed by atoms with Crippen LogP contribution in [0, 0.1) is 11.6 Å². The van der Waals surface area contributed by atoms with Gasteiger partial charge in [0.05, 0.1) is 0 Å². The fourth-order valence-corrected chi connectivity index (χ4v) is 7.28. The number of nitrogens with zero attached hydrogens (tertiary/aromatic N) is 3. The van der Waals surface area contributed by atoms with Crippen molar-refractivity contribution in [2.24, 2.45) is 7.05 Å². The van der Waals surface area contributed by atoms with Crippen LogP contribution in [0.1, 0.15) is 12.0 Å². The predicted molar refractivity (Wildman–Crippen MR) is 125 cm³/mol. The van der Waals surface area contributed by atoms with Gasteiger partial charge < -0.3 is 0 Å². The number of carbonyl (C=O) groups excluding carboxylic acids is 1. The van der Waals surface area contributed by atoms with E-state index in [1.165, 1.54) is 22.9 Å². The molecule has 0 aliphatic rings. The van der Waals surface area contributed by atoms with E-state index in [1.54, 1.807) is 29.9 Å². The van der Waals surface area contributed by atoms with Crippen LogP contribution in [0.4, 0.5) is 8.78 Å². The van der Waals surface area contributed by atoms with Crippen LogP contribution in [-0.2, 0) is 24.8 Å². The van der Waals surface area contributed by atoms with E-state index in [1.807, 2.05) is 6.07 Å². The molecule has 4 rings (SSSR count). The Kier molecular flexibility index (Phi) is 5.96. The minimum absolute atomic E-state index is 0.0387. The van der Waals surface area contributed by atoms with Crippen LogP contribution in [0.5, 0.6) is 0 Å². The number of Topliss-reactive ketones (excluding diaryl/α,β-unsaturated/α-hetero) is 1. The molecule has 0 aliphatic heterocycles. The molecule has 0 unspecified atom stereocenters. The number of hydrogen-bond acceptors (Lipinski definition) is 3. The molecule has 2 aromatic carbocycles. The quantitative estimate of drug-likeness (QED) is 0.346. The van der Waals surface area contributed by atoms with Gasteiger partial charge >= 0.3 is 162 Å². The van der Waals surface area contributed by atoms with Gasteiger partial charge in [-0.3, -0.25) is 4.68 Å². The summed E-state index contributed by atoms with van der Waals surface area (Å²) in [5, 5.41) is 5.26. The van der Waals surface area contributed by atoms with Gasteiger partial charge in [-0.25, -0.2) is 4.39 Å².